The molecule has 1 aliphatic carbocycles. The molecule has 0 amide bonds. The molecule has 1 unspecified atom stereocenters. The van der Waals surface area contributed by atoms with Crippen LogP contribution in [-0.4, -0.2) is 0 Å². The van der Waals surface area contributed by atoms with E-state index in [1.807, 2.05) is 0 Å². The molecule has 0 bridgehead atoms. The van der Waals surface area contributed by atoms with Crippen LogP contribution < -0.4 is 0 Å². The monoisotopic (exact) mass is 124 g/mol. The molecule has 0 spiro atoms. The Kier molecular flexibility index (Phi) is 1.94. The average molecular weight is 124 g/mol. The summed E-state index contributed by atoms with van der Waals surface area (Å²) in [5, 5.41) is 0. The smallest absolute Gasteiger partial charge is 0.0208 e. The Labute approximate surface area is 58.0 Å². The van der Waals surface area contributed by atoms with Crippen molar-refractivity contribution in [3.63, 3.8) is 0 Å². The highest BCUT2D eigenvalue weighted by Crippen LogP contribution is 2.30. The summed E-state index contributed by atoms with van der Waals surface area (Å²) in [4.78, 5) is 0. The quantitative estimate of drug-likeness (QED) is 0.496. The first-order chi connectivity index (χ1) is 4.22. The molecule has 1 atom stereocenters. The lowest BCUT2D eigenvalue weighted by molar-refractivity contribution is 0.452. The predicted molar refractivity (Wildman–Crippen MR) is 41.3 cm³/mol. The fourth-order valence-corrected chi connectivity index (χ4v) is 1.15. The molecule has 1 aliphatic rings. The van der Waals surface area contributed by atoms with Crippen LogP contribution in [0.2, 0.25) is 0 Å². The summed E-state index contributed by atoms with van der Waals surface area (Å²) >= 11 is 0. The van der Waals surface area contributed by atoms with Gasteiger partial charge in [0.2, 0.25) is 0 Å². The van der Waals surface area contributed by atoms with Crippen LogP contribution in [-0.2, 0) is 0 Å². The summed E-state index contributed by atoms with van der Waals surface area (Å²) < 4.78 is 0. The maximum atomic E-state index is 2.38. The summed E-state index contributed by atoms with van der Waals surface area (Å²) in [6.07, 6.45) is 5.07. The minimum atomic E-state index is 0.830. The molecular weight excluding hydrogens is 108 g/mol. The summed E-state index contributed by atoms with van der Waals surface area (Å²) in [6.45, 7) is 6.92. The topological polar surface area (TPSA) is 0 Å². The van der Waals surface area contributed by atoms with Gasteiger partial charge < -0.3 is 0 Å². The van der Waals surface area contributed by atoms with Crippen molar-refractivity contribution in [2.75, 3.05) is 0 Å². The molecule has 0 heterocycles. The van der Waals surface area contributed by atoms with Gasteiger partial charge in [-0.1, -0.05) is 32.4 Å². The second-order valence-corrected chi connectivity index (χ2v) is 3.35. The Bertz CT molecular complexity index is 120. The fourth-order valence-electron chi connectivity index (χ4n) is 1.15. The number of allylic oxidation sites excluding steroid dienone is 2. The van der Waals surface area contributed by atoms with E-state index in [0.29, 0.717) is 0 Å². The Balaban J connectivity index is 2.42. The van der Waals surface area contributed by atoms with Crippen molar-refractivity contribution in [1.29, 1.82) is 0 Å². The van der Waals surface area contributed by atoms with Crippen molar-refractivity contribution in [2.24, 2.45) is 11.8 Å². The second kappa shape index (κ2) is 2.55. The van der Waals surface area contributed by atoms with Crippen molar-refractivity contribution in [3.05, 3.63) is 11.6 Å². The van der Waals surface area contributed by atoms with Gasteiger partial charge in [0, 0.05) is 0 Å². The molecule has 0 saturated carbocycles. The Hall–Kier alpha value is -0.260. The van der Waals surface area contributed by atoms with Gasteiger partial charge in [0.1, 0.15) is 0 Å². The van der Waals surface area contributed by atoms with E-state index in [1.54, 1.807) is 5.57 Å². The van der Waals surface area contributed by atoms with Gasteiger partial charge >= 0.3 is 0 Å². The summed E-state index contributed by atoms with van der Waals surface area (Å²) in [7, 11) is 0. The van der Waals surface area contributed by atoms with Gasteiger partial charge in [0.25, 0.3) is 0 Å². The Morgan fingerprint density at radius 2 is 1.89 bits per heavy atom. The summed E-state index contributed by atoms with van der Waals surface area (Å²) in [5.74, 6) is 1.66. The van der Waals surface area contributed by atoms with Crippen LogP contribution in [0.4, 0.5) is 0 Å². The average Bonchev–Trinajstić information content (AvgIpc) is 1.60. The zero-order chi connectivity index (χ0) is 6.85. The van der Waals surface area contributed by atoms with Gasteiger partial charge in [-0.3, -0.25) is 0 Å². The van der Waals surface area contributed by atoms with E-state index in [1.165, 1.54) is 12.8 Å². The van der Waals surface area contributed by atoms with Gasteiger partial charge in [-0.05, 0) is 24.7 Å². The lowest BCUT2D eigenvalue weighted by Crippen LogP contribution is -2.11. The first-order valence-corrected chi connectivity index (χ1v) is 3.90. The van der Waals surface area contributed by atoms with Crippen molar-refractivity contribution in [3.8, 4) is 0 Å². The molecule has 0 aliphatic heterocycles. The van der Waals surface area contributed by atoms with Crippen molar-refractivity contribution >= 4 is 0 Å². The molecule has 9 heavy (non-hydrogen) atoms. The summed E-state index contributed by atoms with van der Waals surface area (Å²) in [6, 6.07) is 0. The van der Waals surface area contributed by atoms with Crippen LogP contribution in [0.5, 0.6) is 0 Å². The molecule has 52 valence electrons. The third-order valence-electron chi connectivity index (χ3n) is 2.42. The van der Waals surface area contributed by atoms with E-state index >= 15 is 0 Å². The lowest BCUT2D eigenvalue weighted by Gasteiger charge is -2.24. The molecule has 0 heteroatoms. The zero-order valence-corrected chi connectivity index (χ0v) is 6.65. The minimum Gasteiger partial charge on any atom is -0.0847 e. The van der Waals surface area contributed by atoms with E-state index < -0.39 is 0 Å². The maximum Gasteiger partial charge on any atom is -0.0208 e. The van der Waals surface area contributed by atoms with E-state index in [2.05, 4.69) is 26.8 Å². The third kappa shape index (κ3) is 1.35. The van der Waals surface area contributed by atoms with E-state index in [9.17, 15) is 0 Å². The first-order valence-electron chi connectivity index (χ1n) is 3.90. The number of hydrogen-bond donors (Lipinski definition) is 0. The molecule has 0 aromatic carbocycles. The fraction of sp³-hybridized carbons (Fsp3) is 0.778. The second-order valence-electron chi connectivity index (χ2n) is 3.35. The number of hydrogen-bond acceptors (Lipinski definition) is 0. The van der Waals surface area contributed by atoms with Gasteiger partial charge in [0.15, 0.2) is 0 Å². The van der Waals surface area contributed by atoms with Crippen molar-refractivity contribution < 1.29 is 0 Å². The lowest BCUT2D eigenvalue weighted by atomic mass is 9.82. The molecular formula is C9H16. The highest BCUT2D eigenvalue weighted by Gasteiger charge is 2.15. The van der Waals surface area contributed by atoms with Gasteiger partial charge in [-0.15, -0.1) is 0 Å². The predicted octanol–water partition coefficient (Wildman–Crippen LogP) is 3.00. The van der Waals surface area contributed by atoms with Crippen LogP contribution in [0.3, 0.4) is 0 Å². The highest BCUT2D eigenvalue weighted by atomic mass is 14.2. The standard InChI is InChI=1S/C9H16/c1-7(2)8(3)9-5-4-6-9/h5,7-8H,4,6H2,1-3H3. The van der Waals surface area contributed by atoms with Crippen LogP contribution in [0, 0.1) is 11.8 Å². The molecule has 0 fully saturated rings. The molecule has 0 nitrogen and oxygen atoms in total. The van der Waals surface area contributed by atoms with E-state index in [-0.39, 0.29) is 0 Å². The van der Waals surface area contributed by atoms with Gasteiger partial charge in [-0.25, -0.2) is 0 Å². The normalized spacial score (nSPS) is 21.1. The Morgan fingerprint density at radius 1 is 1.33 bits per heavy atom. The first kappa shape index (κ1) is 6.85. The molecule has 0 radical (unpaired) electrons. The SMILES string of the molecule is CC(C)C(C)C1=CCC1. The van der Waals surface area contributed by atoms with Crippen LogP contribution in [0.15, 0.2) is 11.6 Å². The van der Waals surface area contributed by atoms with Gasteiger partial charge in [0.05, 0.1) is 0 Å². The largest absolute Gasteiger partial charge is 0.0847 e. The molecule has 0 aromatic heterocycles. The van der Waals surface area contributed by atoms with E-state index in [0.717, 1.165) is 11.8 Å². The molecule has 0 saturated heterocycles. The molecule has 0 N–H and O–H groups in total. The zero-order valence-electron chi connectivity index (χ0n) is 6.65. The van der Waals surface area contributed by atoms with Crippen LogP contribution >= 0.6 is 0 Å². The van der Waals surface area contributed by atoms with E-state index in [4.69, 9.17) is 0 Å². The van der Waals surface area contributed by atoms with Crippen molar-refractivity contribution in [1.82, 2.24) is 0 Å². The highest BCUT2D eigenvalue weighted by molar-refractivity contribution is 5.15. The van der Waals surface area contributed by atoms with Crippen LogP contribution in [0.25, 0.3) is 0 Å². The van der Waals surface area contributed by atoms with Crippen LogP contribution in [0.1, 0.15) is 33.6 Å². The molecule has 0 aromatic rings. The number of rotatable bonds is 2. The van der Waals surface area contributed by atoms with Gasteiger partial charge in [-0.2, -0.15) is 0 Å². The minimum absolute atomic E-state index is 0.830. The maximum absolute atomic E-state index is 2.38. The summed E-state index contributed by atoms with van der Waals surface area (Å²) in [5.41, 5.74) is 1.69. The third-order valence-corrected chi connectivity index (χ3v) is 2.42. The van der Waals surface area contributed by atoms with Crippen molar-refractivity contribution in [2.45, 2.75) is 33.6 Å². The molecule has 1 rings (SSSR count). The Morgan fingerprint density at radius 3 is 2.00 bits per heavy atom.